The summed E-state index contributed by atoms with van der Waals surface area (Å²) in [5.41, 5.74) is 9.96. The van der Waals surface area contributed by atoms with Crippen LogP contribution in [0.4, 0.5) is 0 Å². The summed E-state index contributed by atoms with van der Waals surface area (Å²) in [5, 5.41) is 8.23. The molecule has 8 heavy (non-hydrogen) atoms. The van der Waals surface area contributed by atoms with E-state index in [9.17, 15) is 4.79 Å². The fourth-order valence-corrected chi connectivity index (χ4v) is 0.253. The van der Waals surface area contributed by atoms with Gasteiger partial charge < -0.3 is 16.6 Å². The van der Waals surface area contributed by atoms with E-state index in [1.54, 1.807) is 0 Å². The predicted octanol–water partition coefficient (Wildman–Crippen LogP) is -2.17. The predicted molar refractivity (Wildman–Crippen MR) is 29.1 cm³/mol. The lowest BCUT2D eigenvalue weighted by atomic mass is 10.2. The van der Waals surface area contributed by atoms with Crippen LogP contribution in [-0.4, -0.2) is 30.1 Å². The smallest absolute Gasteiger partial charge is 0.165 e. The van der Waals surface area contributed by atoms with Gasteiger partial charge in [0.05, 0.1) is 19.2 Å². The van der Waals surface area contributed by atoms with E-state index in [2.05, 4.69) is 0 Å². The quantitative estimate of drug-likeness (QED) is 0.393. The van der Waals surface area contributed by atoms with Crippen LogP contribution in [0.25, 0.3) is 0 Å². The normalized spacial score (nSPS) is 13.4. The summed E-state index contributed by atoms with van der Waals surface area (Å²) in [4.78, 5) is 10.3. The van der Waals surface area contributed by atoms with E-state index < -0.39 is 6.04 Å². The highest BCUT2D eigenvalue weighted by Crippen LogP contribution is 1.74. The topological polar surface area (TPSA) is 89.3 Å². The third-order valence-electron chi connectivity index (χ3n) is 0.811. The largest absolute Gasteiger partial charge is 0.394 e. The Bertz CT molecular complexity index is 84.1. The highest BCUT2D eigenvalue weighted by molar-refractivity contribution is 5.85. The molecule has 0 aromatic rings. The van der Waals surface area contributed by atoms with E-state index in [1.165, 1.54) is 0 Å². The second-order valence-electron chi connectivity index (χ2n) is 1.46. The SMILES string of the molecule is NCC(=O)C(N)CO. The average molecular weight is 118 g/mol. The van der Waals surface area contributed by atoms with E-state index in [0.717, 1.165) is 0 Å². The van der Waals surface area contributed by atoms with E-state index in [-0.39, 0.29) is 18.9 Å². The summed E-state index contributed by atoms with van der Waals surface area (Å²) in [6.45, 7) is -0.419. The van der Waals surface area contributed by atoms with Gasteiger partial charge in [-0.25, -0.2) is 0 Å². The van der Waals surface area contributed by atoms with Gasteiger partial charge in [-0.15, -0.1) is 0 Å². The van der Waals surface area contributed by atoms with E-state index >= 15 is 0 Å². The Morgan fingerprint density at radius 3 is 2.38 bits per heavy atom. The zero-order valence-corrected chi connectivity index (χ0v) is 4.50. The molecule has 1 unspecified atom stereocenters. The van der Waals surface area contributed by atoms with Gasteiger partial charge in [0.25, 0.3) is 0 Å². The number of carbonyl (C=O) groups is 1. The Morgan fingerprint density at radius 2 is 2.25 bits per heavy atom. The summed E-state index contributed by atoms with van der Waals surface area (Å²) >= 11 is 0. The number of hydrogen-bond acceptors (Lipinski definition) is 4. The number of aliphatic hydroxyl groups excluding tert-OH is 1. The van der Waals surface area contributed by atoms with Gasteiger partial charge >= 0.3 is 0 Å². The average Bonchev–Trinajstić information content (AvgIpc) is 1.84. The van der Waals surface area contributed by atoms with Crippen molar-refractivity contribution in [2.24, 2.45) is 11.5 Å². The Hall–Kier alpha value is -0.450. The number of rotatable bonds is 3. The summed E-state index contributed by atoms with van der Waals surface area (Å²) in [5.74, 6) is -0.312. The molecule has 0 amide bonds. The highest BCUT2D eigenvalue weighted by atomic mass is 16.3. The molecule has 48 valence electrons. The monoisotopic (exact) mass is 118 g/mol. The van der Waals surface area contributed by atoms with Gasteiger partial charge in [-0.3, -0.25) is 4.79 Å². The first kappa shape index (κ1) is 7.55. The minimum absolute atomic E-state index is 0.0955. The van der Waals surface area contributed by atoms with Crippen LogP contribution in [-0.2, 0) is 4.79 Å². The molecule has 5 N–H and O–H groups in total. The van der Waals surface area contributed by atoms with Crippen LogP contribution in [0.2, 0.25) is 0 Å². The second-order valence-corrected chi connectivity index (χ2v) is 1.46. The molecule has 0 fully saturated rings. The fraction of sp³-hybridized carbons (Fsp3) is 0.750. The molecule has 0 heterocycles. The van der Waals surface area contributed by atoms with Crippen LogP contribution in [0.5, 0.6) is 0 Å². The van der Waals surface area contributed by atoms with Gasteiger partial charge in [-0.1, -0.05) is 0 Å². The van der Waals surface area contributed by atoms with Gasteiger partial charge in [0, 0.05) is 0 Å². The van der Waals surface area contributed by atoms with Crippen LogP contribution in [0.3, 0.4) is 0 Å². The van der Waals surface area contributed by atoms with E-state index in [1.807, 2.05) is 0 Å². The minimum atomic E-state index is -0.792. The lowest BCUT2D eigenvalue weighted by molar-refractivity contribution is -0.119. The summed E-state index contributed by atoms with van der Waals surface area (Å²) in [6.07, 6.45) is 0. The maximum atomic E-state index is 10.3. The minimum Gasteiger partial charge on any atom is -0.394 e. The van der Waals surface area contributed by atoms with Crippen molar-refractivity contribution in [1.29, 1.82) is 0 Å². The maximum absolute atomic E-state index is 10.3. The Kier molecular flexibility index (Phi) is 3.34. The molecule has 4 heteroatoms. The molecular weight excluding hydrogens is 108 g/mol. The highest BCUT2D eigenvalue weighted by Gasteiger charge is 2.07. The van der Waals surface area contributed by atoms with Crippen LogP contribution in [0, 0.1) is 0 Å². The molecule has 0 aliphatic carbocycles. The molecular formula is C4H10N2O2. The summed E-state index contributed by atoms with van der Waals surface area (Å²) in [6, 6.07) is -0.792. The van der Waals surface area contributed by atoms with Gasteiger partial charge in [-0.05, 0) is 0 Å². The van der Waals surface area contributed by atoms with Gasteiger partial charge in [-0.2, -0.15) is 0 Å². The Morgan fingerprint density at radius 1 is 1.75 bits per heavy atom. The molecule has 0 rings (SSSR count). The first-order valence-electron chi connectivity index (χ1n) is 2.31. The molecule has 0 aromatic heterocycles. The Balaban J connectivity index is 3.46. The molecule has 0 radical (unpaired) electrons. The zero-order valence-electron chi connectivity index (χ0n) is 4.50. The van der Waals surface area contributed by atoms with Crippen molar-refractivity contribution in [1.82, 2.24) is 0 Å². The molecule has 0 saturated heterocycles. The third kappa shape index (κ3) is 2.02. The number of carbonyl (C=O) groups excluding carboxylic acids is 1. The van der Waals surface area contributed by atoms with Crippen molar-refractivity contribution >= 4 is 5.78 Å². The molecule has 0 spiro atoms. The molecule has 0 saturated carbocycles. The number of ketones is 1. The van der Waals surface area contributed by atoms with Crippen molar-refractivity contribution in [3.8, 4) is 0 Å². The van der Waals surface area contributed by atoms with Crippen molar-refractivity contribution in [2.45, 2.75) is 6.04 Å². The second kappa shape index (κ2) is 3.54. The Labute approximate surface area is 47.5 Å². The number of hydrogen-bond donors (Lipinski definition) is 3. The fourth-order valence-electron chi connectivity index (χ4n) is 0.253. The van der Waals surface area contributed by atoms with Gasteiger partial charge in [0.2, 0.25) is 0 Å². The van der Waals surface area contributed by atoms with Crippen LogP contribution >= 0.6 is 0 Å². The van der Waals surface area contributed by atoms with Crippen molar-refractivity contribution in [3.05, 3.63) is 0 Å². The number of Topliss-reactive ketones (excluding diaryl/α,β-unsaturated/α-hetero) is 1. The van der Waals surface area contributed by atoms with Crippen LogP contribution in [0.1, 0.15) is 0 Å². The number of nitrogens with two attached hydrogens (primary N) is 2. The molecule has 1 atom stereocenters. The lowest BCUT2D eigenvalue weighted by Gasteiger charge is -2.01. The summed E-state index contributed by atoms with van der Waals surface area (Å²) in [7, 11) is 0. The van der Waals surface area contributed by atoms with Crippen molar-refractivity contribution in [3.63, 3.8) is 0 Å². The van der Waals surface area contributed by atoms with Crippen molar-refractivity contribution < 1.29 is 9.90 Å². The third-order valence-corrected chi connectivity index (χ3v) is 0.811. The first-order chi connectivity index (χ1) is 3.72. The van der Waals surface area contributed by atoms with Crippen molar-refractivity contribution in [2.75, 3.05) is 13.2 Å². The van der Waals surface area contributed by atoms with Crippen LogP contribution in [0.15, 0.2) is 0 Å². The van der Waals surface area contributed by atoms with E-state index in [0.29, 0.717) is 0 Å². The first-order valence-corrected chi connectivity index (χ1v) is 2.31. The van der Waals surface area contributed by atoms with Gasteiger partial charge in [0.1, 0.15) is 0 Å². The molecule has 0 aromatic carbocycles. The molecule has 0 aliphatic rings. The molecule has 0 aliphatic heterocycles. The number of aliphatic hydroxyl groups is 1. The van der Waals surface area contributed by atoms with Crippen LogP contribution < -0.4 is 11.5 Å². The van der Waals surface area contributed by atoms with Gasteiger partial charge in [0.15, 0.2) is 5.78 Å². The standard InChI is InChI=1S/C4H10N2O2/c5-1-4(8)3(6)2-7/h3,7H,1-2,5-6H2. The molecule has 0 bridgehead atoms. The maximum Gasteiger partial charge on any atom is 0.165 e. The lowest BCUT2D eigenvalue weighted by Crippen LogP contribution is -2.38. The zero-order chi connectivity index (χ0) is 6.57. The summed E-state index contributed by atoms with van der Waals surface area (Å²) < 4.78 is 0. The molecule has 4 nitrogen and oxygen atoms in total. The van der Waals surface area contributed by atoms with E-state index in [4.69, 9.17) is 16.6 Å².